The van der Waals surface area contributed by atoms with Crippen LogP contribution >= 0.6 is 0 Å². The van der Waals surface area contributed by atoms with Crippen LogP contribution < -0.4 is 15.4 Å². The second-order valence-corrected chi connectivity index (χ2v) is 7.45. The number of aliphatic imine (C=N–C) groups is 1. The van der Waals surface area contributed by atoms with Gasteiger partial charge in [-0.1, -0.05) is 18.2 Å². The zero-order valence-electron chi connectivity index (χ0n) is 14.3. The van der Waals surface area contributed by atoms with Crippen LogP contribution in [0.1, 0.15) is 11.3 Å². The molecule has 1 aromatic heterocycles. The molecular formula is C16H25N5O2S. The fourth-order valence-corrected chi connectivity index (χ4v) is 3.07. The van der Waals surface area contributed by atoms with Crippen LogP contribution in [0.25, 0.3) is 10.9 Å². The van der Waals surface area contributed by atoms with E-state index >= 15 is 0 Å². The number of para-hydroxylation sites is 1. The topological polar surface area (TPSA) is 98.4 Å². The van der Waals surface area contributed by atoms with Crippen LogP contribution in [-0.4, -0.2) is 52.3 Å². The minimum absolute atomic E-state index is 0.321. The second-order valence-electron chi connectivity index (χ2n) is 5.62. The van der Waals surface area contributed by atoms with Gasteiger partial charge < -0.3 is 15.6 Å². The molecule has 0 spiro atoms. The first-order chi connectivity index (χ1) is 11.4. The van der Waals surface area contributed by atoms with Crippen LogP contribution in [0.3, 0.4) is 0 Å². The molecule has 0 amide bonds. The molecule has 24 heavy (non-hydrogen) atoms. The molecule has 0 fully saturated rings. The van der Waals surface area contributed by atoms with Crippen molar-refractivity contribution in [2.45, 2.75) is 13.3 Å². The van der Waals surface area contributed by atoms with E-state index in [1.54, 1.807) is 7.05 Å². The van der Waals surface area contributed by atoms with E-state index < -0.39 is 10.0 Å². The minimum atomic E-state index is -3.15. The van der Waals surface area contributed by atoms with Gasteiger partial charge in [-0.2, -0.15) is 0 Å². The lowest BCUT2D eigenvalue weighted by molar-refractivity contribution is 0.586. The molecule has 1 heterocycles. The molecule has 0 aliphatic rings. The maximum Gasteiger partial charge on any atom is 0.208 e. The van der Waals surface area contributed by atoms with Gasteiger partial charge in [0.05, 0.1) is 6.26 Å². The van der Waals surface area contributed by atoms with Gasteiger partial charge in [0.25, 0.3) is 0 Å². The van der Waals surface area contributed by atoms with E-state index in [4.69, 9.17) is 0 Å². The average molecular weight is 351 g/mol. The Morgan fingerprint density at radius 1 is 1.17 bits per heavy atom. The number of fused-ring (bicyclic) bond motifs is 1. The van der Waals surface area contributed by atoms with E-state index in [0.29, 0.717) is 19.0 Å². The Morgan fingerprint density at radius 2 is 1.88 bits per heavy atom. The normalized spacial score (nSPS) is 12.5. The van der Waals surface area contributed by atoms with Crippen molar-refractivity contribution in [2.24, 2.45) is 4.99 Å². The zero-order valence-corrected chi connectivity index (χ0v) is 15.1. The minimum Gasteiger partial charge on any atom is -0.358 e. The quantitative estimate of drug-likeness (QED) is 0.336. The zero-order chi connectivity index (χ0) is 17.6. The third-order valence-corrected chi connectivity index (χ3v) is 4.43. The van der Waals surface area contributed by atoms with E-state index in [0.717, 1.165) is 24.7 Å². The fraction of sp³-hybridized carbons (Fsp3) is 0.438. The molecule has 2 aromatic rings. The first kappa shape index (κ1) is 18.3. The highest BCUT2D eigenvalue weighted by Gasteiger charge is 2.07. The summed E-state index contributed by atoms with van der Waals surface area (Å²) < 4.78 is 24.4. The van der Waals surface area contributed by atoms with E-state index in [1.807, 2.05) is 12.1 Å². The van der Waals surface area contributed by atoms with Crippen molar-refractivity contribution in [2.75, 3.05) is 32.9 Å². The molecule has 4 N–H and O–H groups in total. The number of nitrogens with one attached hydrogen (secondary N) is 4. The standard InChI is InChI=1S/C16H25N5O2S/c1-12-13(14-6-4-5-7-15(14)21-12)8-9-18-16(17-2)19-10-11-20-24(3,22)23/h4-7,20-21H,8-11H2,1-3H3,(H2,17,18,19). The van der Waals surface area contributed by atoms with Crippen molar-refractivity contribution in [1.82, 2.24) is 20.3 Å². The van der Waals surface area contributed by atoms with Gasteiger partial charge in [0, 0.05) is 43.3 Å². The number of aromatic nitrogens is 1. The Kier molecular flexibility index (Phi) is 6.22. The maximum absolute atomic E-state index is 11.0. The number of H-pyrrole nitrogens is 1. The highest BCUT2D eigenvalue weighted by molar-refractivity contribution is 7.88. The lowest BCUT2D eigenvalue weighted by Gasteiger charge is -2.12. The number of nitrogens with zero attached hydrogens (tertiary/aromatic N) is 1. The smallest absolute Gasteiger partial charge is 0.208 e. The van der Waals surface area contributed by atoms with E-state index in [2.05, 4.69) is 44.4 Å². The SMILES string of the molecule is CN=C(NCCNS(C)(=O)=O)NCCc1c(C)[nH]c2ccccc12. The van der Waals surface area contributed by atoms with E-state index in [-0.39, 0.29) is 0 Å². The maximum atomic E-state index is 11.0. The number of benzene rings is 1. The number of guanidine groups is 1. The van der Waals surface area contributed by atoms with Crippen molar-refractivity contribution in [3.8, 4) is 0 Å². The Balaban J connectivity index is 1.82. The van der Waals surface area contributed by atoms with Gasteiger partial charge in [-0.3, -0.25) is 4.99 Å². The van der Waals surface area contributed by atoms with Gasteiger partial charge in [-0.25, -0.2) is 13.1 Å². The highest BCUT2D eigenvalue weighted by atomic mass is 32.2. The molecular weight excluding hydrogens is 326 g/mol. The van der Waals surface area contributed by atoms with E-state index in [9.17, 15) is 8.42 Å². The van der Waals surface area contributed by atoms with Gasteiger partial charge in [0.1, 0.15) is 0 Å². The summed E-state index contributed by atoms with van der Waals surface area (Å²) in [5, 5.41) is 7.57. The van der Waals surface area contributed by atoms with Gasteiger partial charge in [0.2, 0.25) is 10.0 Å². The van der Waals surface area contributed by atoms with Crippen molar-refractivity contribution < 1.29 is 8.42 Å². The molecule has 0 aliphatic carbocycles. The van der Waals surface area contributed by atoms with Crippen LogP contribution in [0.2, 0.25) is 0 Å². The largest absolute Gasteiger partial charge is 0.358 e. The van der Waals surface area contributed by atoms with Crippen LogP contribution in [0.4, 0.5) is 0 Å². The van der Waals surface area contributed by atoms with Crippen LogP contribution in [0.5, 0.6) is 0 Å². The summed E-state index contributed by atoms with van der Waals surface area (Å²) in [6.07, 6.45) is 2.02. The Hall–Kier alpha value is -2.06. The van der Waals surface area contributed by atoms with Crippen molar-refractivity contribution in [3.63, 3.8) is 0 Å². The second kappa shape index (κ2) is 8.16. The van der Waals surface area contributed by atoms with Crippen LogP contribution in [-0.2, 0) is 16.4 Å². The monoisotopic (exact) mass is 351 g/mol. The van der Waals surface area contributed by atoms with E-state index in [1.165, 1.54) is 16.6 Å². The summed E-state index contributed by atoms with van der Waals surface area (Å²) >= 11 is 0. The molecule has 0 saturated heterocycles. The highest BCUT2D eigenvalue weighted by Crippen LogP contribution is 2.21. The number of rotatable bonds is 7. The van der Waals surface area contributed by atoms with Crippen molar-refractivity contribution in [1.29, 1.82) is 0 Å². The predicted molar refractivity (Wildman–Crippen MR) is 99.0 cm³/mol. The molecule has 8 heteroatoms. The molecule has 1 aromatic carbocycles. The van der Waals surface area contributed by atoms with Gasteiger partial charge in [-0.15, -0.1) is 0 Å². The number of hydrogen-bond donors (Lipinski definition) is 4. The first-order valence-corrected chi connectivity index (χ1v) is 9.75. The molecule has 7 nitrogen and oxygen atoms in total. The van der Waals surface area contributed by atoms with Crippen LogP contribution in [0.15, 0.2) is 29.3 Å². The van der Waals surface area contributed by atoms with Crippen molar-refractivity contribution in [3.05, 3.63) is 35.5 Å². The first-order valence-electron chi connectivity index (χ1n) is 7.86. The summed E-state index contributed by atoms with van der Waals surface area (Å²) in [5.41, 5.74) is 3.63. The summed E-state index contributed by atoms with van der Waals surface area (Å²) in [7, 11) is -1.46. The number of hydrogen-bond acceptors (Lipinski definition) is 3. The number of sulfonamides is 1. The van der Waals surface area contributed by atoms with Gasteiger partial charge in [-0.05, 0) is 25.0 Å². The molecule has 0 atom stereocenters. The molecule has 0 aliphatic heterocycles. The van der Waals surface area contributed by atoms with Crippen molar-refractivity contribution >= 4 is 26.9 Å². The number of aromatic amines is 1. The molecule has 2 rings (SSSR count). The molecule has 0 unspecified atom stereocenters. The fourth-order valence-electron chi connectivity index (χ4n) is 2.60. The Labute approximate surface area is 143 Å². The third-order valence-electron chi connectivity index (χ3n) is 3.70. The van der Waals surface area contributed by atoms with Gasteiger partial charge in [0.15, 0.2) is 5.96 Å². The molecule has 132 valence electrons. The number of aryl methyl sites for hydroxylation is 1. The van der Waals surface area contributed by atoms with Gasteiger partial charge >= 0.3 is 0 Å². The molecule has 0 radical (unpaired) electrons. The lowest BCUT2D eigenvalue weighted by Crippen LogP contribution is -2.42. The average Bonchev–Trinajstić information content (AvgIpc) is 2.84. The Bertz CT molecular complexity index is 811. The Morgan fingerprint density at radius 3 is 2.58 bits per heavy atom. The summed E-state index contributed by atoms with van der Waals surface area (Å²) in [6, 6.07) is 8.27. The lowest BCUT2D eigenvalue weighted by atomic mass is 10.1. The third kappa shape index (κ3) is 5.24. The molecule has 0 bridgehead atoms. The molecule has 0 saturated carbocycles. The summed E-state index contributed by atoms with van der Waals surface area (Å²) in [5.74, 6) is 0.655. The summed E-state index contributed by atoms with van der Waals surface area (Å²) in [4.78, 5) is 7.53. The van der Waals surface area contributed by atoms with Crippen LogP contribution in [0, 0.1) is 6.92 Å². The predicted octanol–water partition coefficient (Wildman–Crippen LogP) is 0.733. The summed E-state index contributed by atoms with van der Waals surface area (Å²) in [6.45, 7) is 3.61.